The van der Waals surface area contributed by atoms with Crippen LogP contribution in [0.5, 0.6) is 0 Å². The number of hydrogen-bond acceptors (Lipinski definition) is 3. The average Bonchev–Trinajstić information content (AvgIpc) is 2.58. The van der Waals surface area contributed by atoms with Gasteiger partial charge in [-0.2, -0.15) is 0 Å². The number of nitrogens with zero attached hydrogens (tertiary/aromatic N) is 1. The summed E-state index contributed by atoms with van der Waals surface area (Å²) in [6, 6.07) is 14.0. The molecule has 0 heterocycles. The van der Waals surface area contributed by atoms with Gasteiger partial charge in [0.25, 0.3) is 0 Å². The quantitative estimate of drug-likeness (QED) is 0.502. The van der Waals surface area contributed by atoms with Gasteiger partial charge in [-0.1, -0.05) is 67.4 Å². The normalized spacial score (nSPS) is 12.6. The van der Waals surface area contributed by atoms with Gasteiger partial charge in [0.05, 0.1) is 0 Å². The van der Waals surface area contributed by atoms with E-state index in [2.05, 4.69) is 43.0 Å². The van der Waals surface area contributed by atoms with Crippen molar-refractivity contribution in [3.8, 4) is 0 Å². The van der Waals surface area contributed by atoms with Crippen LogP contribution in [-0.2, 0) is 5.75 Å². The fourth-order valence-corrected chi connectivity index (χ4v) is 3.85. The Morgan fingerprint density at radius 3 is 2.04 bits per heavy atom. The second-order valence-corrected chi connectivity index (χ2v) is 7.90. The molecular formula is C20H25Cl2NOS. The van der Waals surface area contributed by atoms with Crippen molar-refractivity contribution in [2.75, 3.05) is 19.6 Å². The van der Waals surface area contributed by atoms with Crippen molar-refractivity contribution >= 4 is 35.0 Å². The molecule has 0 radical (unpaired) electrons. The number of rotatable bonds is 8. The third-order valence-electron chi connectivity index (χ3n) is 4.25. The number of hydrogen-bond donors (Lipinski definition) is 1. The predicted octanol–water partition coefficient (Wildman–Crippen LogP) is 5.56. The van der Waals surface area contributed by atoms with Crippen LogP contribution >= 0.6 is 35.0 Å². The van der Waals surface area contributed by atoms with Gasteiger partial charge in [-0.15, -0.1) is 11.8 Å². The molecule has 2 aliphatic carbocycles. The fourth-order valence-electron chi connectivity index (χ4n) is 2.40. The molecule has 1 N–H and O–H groups in total. The first-order chi connectivity index (χ1) is 12.0. The van der Waals surface area contributed by atoms with Crippen molar-refractivity contribution in [3.05, 3.63) is 68.5 Å². The molecule has 0 aliphatic heterocycles. The summed E-state index contributed by atoms with van der Waals surface area (Å²) in [7, 11) is 0. The van der Waals surface area contributed by atoms with Gasteiger partial charge in [0.1, 0.15) is 5.44 Å². The first-order valence-corrected chi connectivity index (χ1v) is 10.4. The van der Waals surface area contributed by atoms with Gasteiger partial charge >= 0.3 is 0 Å². The first-order valence-electron chi connectivity index (χ1n) is 8.59. The van der Waals surface area contributed by atoms with Crippen LogP contribution in [0.4, 0.5) is 0 Å². The Kier molecular flexibility index (Phi) is 8.60. The number of halogens is 2. The van der Waals surface area contributed by atoms with E-state index in [1.54, 1.807) is 6.07 Å². The lowest BCUT2D eigenvalue weighted by molar-refractivity contribution is 0.213. The molecule has 2 aliphatic rings. The topological polar surface area (TPSA) is 23.5 Å². The second-order valence-electron chi connectivity index (χ2n) is 5.89. The maximum atomic E-state index is 9.96. The van der Waals surface area contributed by atoms with Crippen LogP contribution in [-0.4, -0.2) is 35.1 Å². The van der Waals surface area contributed by atoms with Gasteiger partial charge in [-0.25, -0.2) is 0 Å². The zero-order chi connectivity index (χ0) is 18.2. The monoisotopic (exact) mass is 397 g/mol. The Balaban J connectivity index is 0.000000306. The minimum atomic E-state index is -0.354. The van der Waals surface area contributed by atoms with E-state index in [4.69, 9.17) is 23.2 Å². The molecule has 1 unspecified atom stereocenters. The van der Waals surface area contributed by atoms with Crippen molar-refractivity contribution in [2.24, 2.45) is 0 Å². The fraction of sp³-hybridized carbons (Fsp3) is 0.400. The zero-order valence-electron chi connectivity index (χ0n) is 14.7. The van der Waals surface area contributed by atoms with E-state index in [1.165, 1.54) is 22.2 Å². The van der Waals surface area contributed by atoms with E-state index < -0.39 is 0 Å². The number of aliphatic hydroxyl groups excluding tert-OH is 1. The van der Waals surface area contributed by atoms with E-state index in [9.17, 15) is 5.11 Å². The lowest BCUT2D eigenvalue weighted by Gasteiger charge is -2.19. The molecule has 0 saturated carbocycles. The lowest BCUT2D eigenvalue weighted by Crippen LogP contribution is -2.26. The molecule has 0 saturated heterocycles. The second kappa shape index (κ2) is 10.4. The molecule has 25 heavy (non-hydrogen) atoms. The summed E-state index contributed by atoms with van der Waals surface area (Å²) in [5, 5.41) is 14.1. The maximum Gasteiger partial charge on any atom is 0.101 e. The number of benzene rings is 2. The predicted molar refractivity (Wildman–Crippen MR) is 110 cm³/mol. The van der Waals surface area contributed by atoms with Crippen LogP contribution in [0, 0.1) is 10.4 Å². The van der Waals surface area contributed by atoms with Gasteiger partial charge in [0.15, 0.2) is 0 Å². The Morgan fingerprint density at radius 2 is 1.60 bits per heavy atom. The lowest BCUT2D eigenvalue weighted by atomic mass is 10.1. The van der Waals surface area contributed by atoms with Crippen LogP contribution in [0.2, 0.25) is 10.0 Å². The summed E-state index contributed by atoms with van der Waals surface area (Å²) < 4.78 is 0. The van der Waals surface area contributed by atoms with Gasteiger partial charge in [0.2, 0.25) is 0 Å². The van der Waals surface area contributed by atoms with Gasteiger partial charge in [-0.3, -0.25) is 0 Å². The third kappa shape index (κ3) is 6.50. The molecule has 1 aromatic rings. The van der Waals surface area contributed by atoms with E-state index in [0.29, 0.717) is 15.8 Å². The highest BCUT2D eigenvalue weighted by Crippen LogP contribution is 2.26. The van der Waals surface area contributed by atoms with Crippen LogP contribution < -0.4 is 0 Å². The van der Waals surface area contributed by atoms with Gasteiger partial charge in [-0.05, 0) is 47.6 Å². The van der Waals surface area contributed by atoms with Crippen LogP contribution in [0.15, 0.2) is 42.5 Å². The van der Waals surface area contributed by atoms with E-state index >= 15 is 0 Å². The standard InChI is InChI=1S/C14H21Cl2NOS.C6H4/c1-3-17(4-2)8-7-14(18)19-10-11-5-6-12(15)9-13(11)16;1-2-6-4-3-5(1)6/h5-6,9,14,18H,3-4,7-8,10H2,1-2H3;1-4H. The van der Waals surface area contributed by atoms with Crippen molar-refractivity contribution in [2.45, 2.75) is 31.5 Å². The highest BCUT2D eigenvalue weighted by atomic mass is 35.5. The smallest absolute Gasteiger partial charge is 0.101 e. The Labute approximate surface area is 164 Å². The highest BCUT2D eigenvalue weighted by molar-refractivity contribution is 7.98. The molecule has 2 nitrogen and oxygen atoms in total. The summed E-state index contributed by atoms with van der Waals surface area (Å²) in [6.45, 7) is 7.25. The van der Waals surface area contributed by atoms with E-state index in [-0.39, 0.29) is 5.44 Å². The minimum absolute atomic E-state index is 0.354. The molecule has 0 amide bonds. The Hall–Kier alpha value is -0.710. The summed E-state index contributed by atoms with van der Waals surface area (Å²) in [5.74, 6) is 0.704. The summed E-state index contributed by atoms with van der Waals surface area (Å²) in [5.41, 5.74) is 0.658. The van der Waals surface area contributed by atoms with E-state index in [0.717, 1.165) is 31.6 Å². The molecule has 136 valence electrons. The summed E-state index contributed by atoms with van der Waals surface area (Å²) >= 11 is 13.5. The molecule has 0 aromatic heterocycles. The molecule has 0 bridgehead atoms. The van der Waals surface area contributed by atoms with Crippen LogP contribution in [0.3, 0.4) is 0 Å². The molecule has 5 heteroatoms. The van der Waals surface area contributed by atoms with E-state index in [1.807, 2.05) is 12.1 Å². The van der Waals surface area contributed by atoms with Crippen molar-refractivity contribution in [1.82, 2.24) is 4.90 Å². The molecular weight excluding hydrogens is 373 g/mol. The molecule has 0 spiro atoms. The molecule has 3 rings (SSSR count). The largest absolute Gasteiger partial charge is 0.382 e. The van der Waals surface area contributed by atoms with Gasteiger partial charge in [0, 0.05) is 22.3 Å². The minimum Gasteiger partial charge on any atom is -0.382 e. The first kappa shape index (κ1) is 20.6. The van der Waals surface area contributed by atoms with Crippen molar-refractivity contribution < 1.29 is 5.11 Å². The number of thioether (sulfide) groups is 1. The van der Waals surface area contributed by atoms with Crippen molar-refractivity contribution in [3.63, 3.8) is 0 Å². The van der Waals surface area contributed by atoms with Crippen LogP contribution in [0.1, 0.15) is 25.8 Å². The van der Waals surface area contributed by atoms with Crippen LogP contribution in [0.25, 0.3) is 0 Å². The van der Waals surface area contributed by atoms with Crippen molar-refractivity contribution in [1.29, 1.82) is 0 Å². The molecule has 1 atom stereocenters. The SMILES string of the molecule is CCN(CC)CCC(O)SCc1ccc(Cl)cc1Cl.c1cc2ccc1=2. The highest BCUT2D eigenvalue weighted by Gasteiger charge is 2.09. The molecule has 0 fully saturated rings. The third-order valence-corrected chi connectivity index (χ3v) is 5.94. The molecule has 1 aromatic carbocycles. The van der Waals surface area contributed by atoms with Gasteiger partial charge < -0.3 is 10.0 Å². The maximum absolute atomic E-state index is 9.96. The Bertz CT molecular complexity index is 714. The zero-order valence-corrected chi connectivity index (χ0v) is 17.0. The summed E-state index contributed by atoms with van der Waals surface area (Å²) in [4.78, 5) is 2.30. The Morgan fingerprint density at radius 1 is 1.00 bits per heavy atom. The average molecular weight is 398 g/mol. The summed E-state index contributed by atoms with van der Waals surface area (Å²) in [6.07, 6.45) is 0.775. The number of aliphatic hydroxyl groups is 1.